The molecule has 2 aromatic carbocycles. The quantitative estimate of drug-likeness (QED) is 0.267. The summed E-state index contributed by atoms with van der Waals surface area (Å²) in [6.07, 6.45) is 2.03. The Bertz CT molecular complexity index is 1140. The fourth-order valence-corrected chi connectivity index (χ4v) is 5.09. The van der Waals surface area contributed by atoms with Crippen LogP contribution in [0.3, 0.4) is 0 Å². The molecular formula is C29H32N2O5S. The van der Waals surface area contributed by atoms with E-state index in [2.05, 4.69) is 23.8 Å². The molecular weight excluding hydrogens is 488 g/mol. The second-order valence-electron chi connectivity index (χ2n) is 8.78. The van der Waals surface area contributed by atoms with Gasteiger partial charge < -0.3 is 24.6 Å². The Morgan fingerprint density at radius 2 is 1.81 bits per heavy atom. The Morgan fingerprint density at radius 1 is 1.08 bits per heavy atom. The van der Waals surface area contributed by atoms with Crippen molar-refractivity contribution >= 4 is 17.9 Å². The van der Waals surface area contributed by atoms with Gasteiger partial charge in [-0.3, -0.25) is 0 Å². The van der Waals surface area contributed by atoms with E-state index in [9.17, 15) is 9.90 Å². The van der Waals surface area contributed by atoms with Gasteiger partial charge in [-0.15, -0.1) is 11.8 Å². The van der Waals surface area contributed by atoms with Crippen LogP contribution in [0.15, 0.2) is 90.6 Å². The van der Waals surface area contributed by atoms with Crippen LogP contribution >= 0.6 is 11.8 Å². The highest BCUT2D eigenvalue weighted by Crippen LogP contribution is 2.42. The van der Waals surface area contributed by atoms with E-state index in [0.29, 0.717) is 6.54 Å². The number of pyridine rings is 1. The van der Waals surface area contributed by atoms with E-state index in [1.807, 2.05) is 66.7 Å². The van der Waals surface area contributed by atoms with Gasteiger partial charge in [-0.1, -0.05) is 74.2 Å². The molecule has 0 saturated carbocycles. The summed E-state index contributed by atoms with van der Waals surface area (Å²) in [5, 5.41) is 13.1. The lowest BCUT2D eigenvalue weighted by atomic mass is 9.91. The van der Waals surface area contributed by atoms with E-state index in [1.54, 1.807) is 18.0 Å². The van der Waals surface area contributed by atoms with E-state index >= 15 is 0 Å². The molecule has 0 bridgehead atoms. The van der Waals surface area contributed by atoms with E-state index in [1.165, 1.54) is 6.08 Å². The van der Waals surface area contributed by atoms with Gasteiger partial charge >= 0.3 is 6.09 Å². The summed E-state index contributed by atoms with van der Waals surface area (Å²) in [5.41, 5.74) is 3.74. The summed E-state index contributed by atoms with van der Waals surface area (Å²) in [6, 6.07) is 21.6. The van der Waals surface area contributed by atoms with Gasteiger partial charge in [0.25, 0.3) is 0 Å². The molecule has 0 radical (unpaired) electrons. The number of hydrogen-bond donors (Lipinski definition) is 2. The van der Waals surface area contributed by atoms with Crippen molar-refractivity contribution in [2.24, 2.45) is 5.92 Å². The van der Waals surface area contributed by atoms with Gasteiger partial charge in [-0.2, -0.15) is 0 Å². The SMILES string of the molecule is C=CCOC(=O)NCc1ccc([C@H]2O[C@@H](CSc3ccccn3)[C@@H](C)[C@@H](c3ccc(CO)cc3)O2)cc1. The van der Waals surface area contributed by atoms with Crippen molar-refractivity contribution in [2.45, 2.75) is 43.6 Å². The minimum absolute atomic E-state index is 0.00359. The number of alkyl carbamates (subject to hydrolysis) is 1. The highest BCUT2D eigenvalue weighted by molar-refractivity contribution is 7.99. The predicted octanol–water partition coefficient (Wildman–Crippen LogP) is 5.57. The number of benzene rings is 2. The summed E-state index contributed by atoms with van der Waals surface area (Å²) in [6.45, 7) is 6.20. The largest absolute Gasteiger partial charge is 0.445 e. The number of ether oxygens (including phenoxy) is 3. The summed E-state index contributed by atoms with van der Waals surface area (Å²) in [4.78, 5) is 16.1. The van der Waals surface area contributed by atoms with Crippen molar-refractivity contribution in [2.75, 3.05) is 12.4 Å². The van der Waals surface area contributed by atoms with Gasteiger partial charge in [0.2, 0.25) is 0 Å². The smallest absolute Gasteiger partial charge is 0.407 e. The zero-order valence-corrected chi connectivity index (χ0v) is 21.6. The van der Waals surface area contributed by atoms with Crippen LogP contribution in [-0.2, 0) is 27.4 Å². The maximum atomic E-state index is 11.7. The first-order valence-electron chi connectivity index (χ1n) is 12.2. The number of aromatic nitrogens is 1. The summed E-state index contributed by atoms with van der Waals surface area (Å²) in [5.74, 6) is 0.829. The summed E-state index contributed by atoms with van der Waals surface area (Å²) in [7, 11) is 0. The van der Waals surface area contributed by atoms with Crippen molar-refractivity contribution < 1.29 is 24.1 Å². The van der Waals surface area contributed by atoms with E-state index in [-0.39, 0.29) is 31.3 Å². The fourth-order valence-electron chi connectivity index (χ4n) is 4.06. The molecule has 2 N–H and O–H groups in total. The average molecular weight is 521 g/mol. The molecule has 1 aromatic heterocycles. The molecule has 8 heteroatoms. The minimum Gasteiger partial charge on any atom is -0.445 e. The third-order valence-corrected chi connectivity index (χ3v) is 7.21. The molecule has 7 nitrogen and oxygen atoms in total. The summed E-state index contributed by atoms with van der Waals surface area (Å²) >= 11 is 1.67. The van der Waals surface area contributed by atoms with Crippen LogP contribution in [0.1, 0.15) is 41.6 Å². The highest BCUT2D eigenvalue weighted by atomic mass is 32.2. The first-order chi connectivity index (χ1) is 18.1. The number of nitrogens with zero attached hydrogens (tertiary/aromatic N) is 1. The van der Waals surface area contributed by atoms with Crippen molar-refractivity contribution in [1.82, 2.24) is 10.3 Å². The van der Waals surface area contributed by atoms with Crippen LogP contribution in [0, 0.1) is 5.92 Å². The Kier molecular flexibility index (Phi) is 9.73. The zero-order valence-electron chi connectivity index (χ0n) is 20.8. The average Bonchev–Trinajstić information content (AvgIpc) is 2.95. The number of thioether (sulfide) groups is 1. The molecule has 1 aliphatic rings. The van der Waals surface area contributed by atoms with Crippen molar-refractivity contribution in [3.8, 4) is 0 Å². The number of carbonyl (C=O) groups is 1. The first-order valence-corrected chi connectivity index (χ1v) is 13.2. The second kappa shape index (κ2) is 13.4. The maximum absolute atomic E-state index is 11.7. The molecule has 4 rings (SSSR count). The first kappa shape index (κ1) is 26.9. The zero-order chi connectivity index (χ0) is 26.0. The Hall–Kier alpha value is -3.17. The predicted molar refractivity (Wildman–Crippen MR) is 143 cm³/mol. The molecule has 1 fully saturated rings. The molecule has 2 heterocycles. The van der Waals surface area contributed by atoms with Crippen LogP contribution in [0.2, 0.25) is 0 Å². The van der Waals surface area contributed by atoms with Crippen LogP contribution in [0.4, 0.5) is 4.79 Å². The van der Waals surface area contributed by atoms with Crippen LogP contribution in [-0.4, -0.2) is 34.6 Å². The van der Waals surface area contributed by atoms with Crippen LogP contribution in [0.5, 0.6) is 0 Å². The van der Waals surface area contributed by atoms with Gasteiger partial charge in [0.15, 0.2) is 6.29 Å². The second-order valence-corrected chi connectivity index (χ2v) is 9.82. The standard InChI is InChI=1S/C29H32N2O5S/c1-3-16-34-29(33)31-17-21-7-13-24(14-8-21)28-35-25(19-37-26-6-4-5-15-30-26)20(2)27(36-28)23-11-9-22(18-32)10-12-23/h3-15,20,25,27-28,32H,1,16-19H2,2H3,(H,31,33)/t20-,25+,27+,28+/m1/s1. The van der Waals surface area contributed by atoms with Gasteiger partial charge in [-0.25, -0.2) is 9.78 Å². The van der Waals surface area contributed by atoms with Crippen molar-refractivity contribution in [3.63, 3.8) is 0 Å². The molecule has 0 aliphatic carbocycles. The lowest BCUT2D eigenvalue weighted by Crippen LogP contribution is -2.38. The van der Waals surface area contributed by atoms with E-state index in [4.69, 9.17) is 14.2 Å². The van der Waals surface area contributed by atoms with Gasteiger partial charge in [-0.05, 0) is 28.8 Å². The number of rotatable bonds is 10. The van der Waals surface area contributed by atoms with E-state index in [0.717, 1.165) is 33.0 Å². The Labute approximate surface area is 221 Å². The molecule has 37 heavy (non-hydrogen) atoms. The number of aliphatic hydroxyl groups is 1. The van der Waals surface area contributed by atoms with Gasteiger partial charge in [0, 0.05) is 30.0 Å². The highest BCUT2D eigenvalue weighted by Gasteiger charge is 2.38. The number of hydrogen-bond acceptors (Lipinski definition) is 7. The molecule has 194 valence electrons. The number of carbonyl (C=O) groups excluding carboxylic acids is 1. The molecule has 1 aliphatic heterocycles. The third kappa shape index (κ3) is 7.42. The Morgan fingerprint density at radius 3 is 2.49 bits per heavy atom. The van der Waals surface area contributed by atoms with Crippen LogP contribution in [0.25, 0.3) is 0 Å². The van der Waals surface area contributed by atoms with Crippen LogP contribution < -0.4 is 5.32 Å². The summed E-state index contributed by atoms with van der Waals surface area (Å²) < 4.78 is 17.9. The van der Waals surface area contributed by atoms with Gasteiger partial charge in [0.05, 0.1) is 23.8 Å². The van der Waals surface area contributed by atoms with Crippen molar-refractivity contribution in [1.29, 1.82) is 0 Å². The number of amides is 1. The lowest BCUT2D eigenvalue weighted by molar-refractivity contribution is -0.268. The topological polar surface area (TPSA) is 89.9 Å². The monoisotopic (exact) mass is 520 g/mol. The third-order valence-electron chi connectivity index (χ3n) is 6.18. The maximum Gasteiger partial charge on any atom is 0.407 e. The lowest BCUT2D eigenvalue weighted by Gasteiger charge is -2.41. The van der Waals surface area contributed by atoms with Crippen molar-refractivity contribution in [3.05, 3.63) is 108 Å². The molecule has 3 aromatic rings. The molecule has 0 unspecified atom stereocenters. The van der Waals surface area contributed by atoms with Gasteiger partial charge in [0.1, 0.15) is 6.61 Å². The Balaban J connectivity index is 1.48. The number of aliphatic hydroxyl groups excluding tert-OH is 1. The number of nitrogens with one attached hydrogen (secondary N) is 1. The fraction of sp³-hybridized carbons (Fsp3) is 0.310. The molecule has 1 saturated heterocycles. The molecule has 4 atom stereocenters. The van der Waals surface area contributed by atoms with E-state index < -0.39 is 12.4 Å². The normalized spacial score (nSPS) is 21.2. The minimum atomic E-state index is -0.549. The molecule has 1 amide bonds. The molecule has 0 spiro atoms.